The largest absolute Gasteiger partial charge is 0.483 e. The topological polar surface area (TPSA) is 79.5 Å². The van der Waals surface area contributed by atoms with E-state index in [4.69, 9.17) is 28.6 Å². The Morgan fingerprint density at radius 1 is 1.08 bits per heavy atom. The number of benzene rings is 2. The normalized spacial score (nSPS) is 9.96. The third-order valence-corrected chi connectivity index (χ3v) is 4.11. The number of aryl methyl sites for hydroxylation is 1. The third-order valence-electron chi connectivity index (χ3n) is 3.57. The van der Waals surface area contributed by atoms with Crippen LogP contribution in [-0.4, -0.2) is 23.5 Å². The number of rotatable bonds is 4. The molecule has 2 aromatic carbocycles. The van der Waals surface area contributed by atoms with Gasteiger partial charge in [0.25, 0.3) is 11.8 Å². The minimum atomic E-state index is -0.478. The summed E-state index contributed by atoms with van der Waals surface area (Å²) in [6.45, 7) is 3.68. The highest BCUT2D eigenvalue weighted by Crippen LogP contribution is 2.20. The molecule has 0 atom stereocenters. The third kappa shape index (κ3) is 5.44. The lowest BCUT2D eigenvalue weighted by molar-refractivity contribution is -0.123. The lowest BCUT2D eigenvalue weighted by atomic mass is 10.1. The lowest BCUT2D eigenvalue weighted by Gasteiger charge is -2.13. The van der Waals surface area contributed by atoms with Crippen molar-refractivity contribution in [3.8, 4) is 5.75 Å². The fourth-order valence-corrected chi connectivity index (χ4v) is 2.40. The number of carbonyl (C=O) groups excluding carboxylic acids is 2. The number of nitrogens with one attached hydrogen (secondary N) is 3. The first-order valence-electron chi connectivity index (χ1n) is 7.72. The van der Waals surface area contributed by atoms with Crippen LogP contribution >= 0.6 is 23.8 Å². The van der Waals surface area contributed by atoms with Gasteiger partial charge in [-0.3, -0.25) is 25.8 Å². The van der Waals surface area contributed by atoms with Crippen molar-refractivity contribution in [1.82, 2.24) is 16.2 Å². The summed E-state index contributed by atoms with van der Waals surface area (Å²) in [4.78, 5) is 23.9. The molecule has 0 aliphatic rings. The molecule has 136 valence electrons. The van der Waals surface area contributed by atoms with Crippen molar-refractivity contribution in [3.05, 3.63) is 64.2 Å². The summed E-state index contributed by atoms with van der Waals surface area (Å²) in [7, 11) is 0. The molecule has 0 aliphatic heterocycles. The molecule has 0 aliphatic carbocycles. The SMILES string of the molecule is Cc1cccc(OCC(=O)NNC(=S)NC(=O)c2ccccc2Cl)c1C. The number of amides is 2. The van der Waals surface area contributed by atoms with E-state index in [0.717, 1.165) is 11.1 Å². The first kappa shape index (κ1) is 19.7. The van der Waals surface area contributed by atoms with Crippen molar-refractivity contribution in [2.24, 2.45) is 0 Å². The van der Waals surface area contributed by atoms with Gasteiger partial charge in [-0.15, -0.1) is 0 Å². The minimum absolute atomic E-state index is 0.0602. The first-order chi connectivity index (χ1) is 12.4. The summed E-state index contributed by atoms with van der Waals surface area (Å²) in [6.07, 6.45) is 0. The zero-order valence-corrected chi connectivity index (χ0v) is 15.8. The van der Waals surface area contributed by atoms with Crippen LogP contribution in [0.4, 0.5) is 0 Å². The Morgan fingerprint density at radius 2 is 1.81 bits per heavy atom. The van der Waals surface area contributed by atoms with Crippen LogP contribution in [0.2, 0.25) is 5.02 Å². The number of thiocarbonyl (C=S) groups is 1. The summed E-state index contributed by atoms with van der Waals surface area (Å²) in [5.74, 6) is -0.288. The number of carbonyl (C=O) groups is 2. The van der Waals surface area contributed by atoms with Gasteiger partial charge in [0.1, 0.15) is 5.75 Å². The molecular formula is C18H18ClN3O3S. The molecule has 2 amide bonds. The van der Waals surface area contributed by atoms with E-state index in [1.54, 1.807) is 30.3 Å². The molecular weight excluding hydrogens is 374 g/mol. The maximum atomic E-state index is 12.0. The molecule has 26 heavy (non-hydrogen) atoms. The molecule has 0 aromatic heterocycles. The molecule has 0 radical (unpaired) electrons. The fraction of sp³-hybridized carbons (Fsp3) is 0.167. The van der Waals surface area contributed by atoms with Crippen LogP contribution in [-0.2, 0) is 4.79 Å². The van der Waals surface area contributed by atoms with Gasteiger partial charge in [0.15, 0.2) is 11.7 Å². The average Bonchev–Trinajstić information content (AvgIpc) is 2.61. The first-order valence-corrected chi connectivity index (χ1v) is 8.51. The summed E-state index contributed by atoms with van der Waals surface area (Å²) < 4.78 is 5.48. The smallest absolute Gasteiger partial charge is 0.276 e. The second-order valence-corrected chi connectivity index (χ2v) is 6.24. The summed E-state index contributed by atoms with van der Waals surface area (Å²) in [5, 5.41) is 2.67. The van der Waals surface area contributed by atoms with Gasteiger partial charge in [-0.1, -0.05) is 35.9 Å². The number of hydrogen-bond donors (Lipinski definition) is 3. The molecule has 0 unspecified atom stereocenters. The summed E-state index contributed by atoms with van der Waals surface area (Å²) >= 11 is 10.9. The highest BCUT2D eigenvalue weighted by molar-refractivity contribution is 7.80. The van der Waals surface area contributed by atoms with Crippen LogP contribution in [0.5, 0.6) is 5.75 Å². The van der Waals surface area contributed by atoms with Gasteiger partial charge < -0.3 is 4.74 Å². The van der Waals surface area contributed by atoms with Gasteiger partial charge in [-0.05, 0) is 55.4 Å². The molecule has 6 nitrogen and oxygen atoms in total. The zero-order chi connectivity index (χ0) is 19.1. The highest BCUT2D eigenvalue weighted by Gasteiger charge is 2.12. The Balaban J connectivity index is 1.78. The van der Waals surface area contributed by atoms with Crippen molar-refractivity contribution < 1.29 is 14.3 Å². The van der Waals surface area contributed by atoms with Gasteiger partial charge in [0.2, 0.25) is 0 Å². The molecule has 0 bridgehead atoms. The number of halogens is 1. The number of hydrazine groups is 1. The predicted molar refractivity (Wildman–Crippen MR) is 104 cm³/mol. The van der Waals surface area contributed by atoms with Crippen molar-refractivity contribution in [3.63, 3.8) is 0 Å². The van der Waals surface area contributed by atoms with Gasteiger partial charge in [-0.2, -0.15) is 0 Å². The van der Waals surface area contributed by atoms with E-state index < -0.39 is 11.8 Å². The minimum Gasteiger partial charge on any atom is -0.483 e. The highest BCUT2D eigenvalue weighted by atomic mass is 35.5. The molecule has 0 saturated carbocycles. The Hall–Kier alpha value is -2.64. The molecule has 0 heterocycles. The summed E-state index contributed by atoms with van der Waals surface area (Å²) in [5.41, 5.74) is 7.12. The molecule has 0 saturated heterocycles. The quantitative estimate of drug-likeness (QED) is 0.551. The van der Waals surface area contributed by atoms with Crippen LogP contribution in [0.1, 0.15) is 21.5 Å². The van der Waals surface area contributed by atoms with E-state index >= 15 is 0 Å². The van der Waals surface area contributed by atoms with E-state index in [1.165, 1.54) is 0 Å². The second-order valence-electron chi connectivity index (χ2n) is 5.42. The van der Waals surface area contributed by atoms with Gasteiger partial charge >= 0.3 is 0 Å². The molecule has 2 aromatic rings. The van der Waals surface area contributed by atoms with E-state index in [2.05, 4.69) is 16.2 Å². The molecule has 2 rings (SSSR count). The van der Waals surface area contributed by atoms with E-state index in [0.29, 0.717) is 10.8 Å². The molecule has 3 N–H and O–H groups in total. The Kier molecular flexibility index (Phi) is 6.94. The average molecular weight is 392 g/mol. The monoisotopic (exact) mass is 391 g/mol. The van der Waals surface area contributed by atoms with E-state index in [9.17, 15) is 9.59 Å². The van der Waals surface area contributed by atoms with Crippen molar-refractivity contribution >= 4 is 40.7 Å². The van der Waals surface area contributed by atoms with Crippen LogP contribution in [0.25, 0.3) is 0 Å². The Bertz CT molecular complexity index is 842. The number of hydrogen-bond acceptors (Lipinski definition) is 4. The van der Waals surface area contributed by atoms with Crippen molar-refractivity contribution in [2.45, 2.75) is 13.8 Å². The van der Waals surface area contributed by atoms with Crippen molar-refractivity contribution in [2.75, 3.05) is 6.61 Å². The lowest BCUT2D eigenvalue weighted by Crippen LogP contribution is -2.49. The van der Waals surface area contributed by atoms with Crippen LogP contribution in [0.3, 0.4) is 0 Å². The maximum absolute atomic E-state index is 12.0. The molecule has 0 fully saturated rings. The predicted octanol–water partition coefficient (Wildman–Crippen LogP) is 2.67. The standard InChI is InChI=1S/C18H18ClN3O3S/c1-11-6-5-9-15(12(11)2)25-10-16(23)21-22-18(26)20-17(24)13-7-3-4-8-14(13)19/h3-9H,10H2,1-2H3,(H,21,23)(H2,20,22,24,26). The molecule has 0 spiro atoms. The second kappa shape index (κ2) is 9.17. The maximum Gasteiger partial charge on any atom is 0.276 e. The Morgan fingerprint density at radius 3 is 2.54 bits per heavy atom. The van der Waals surface area contributed by atoms with Crippen molar-refractivity contribution in [1.29, 1.82) is 0 Å². The fourth-order valence-electron chi connectivity index (χ4n) is 2.03. The zero-order valence-electron chi connectivity index (χ0n) is 14.3. The Labute approximate surface area is 161 Å². The number of ether oxygens (including phenoxy) is 1. The van der Waals surface area contributed by atoms with E-state index in [1.807, 2.05) is 26.0 Å². The van der Waals surface area contributed by atoms with Crippen LogP contribution in [0, 0.1) is 13.8 Å². The van der Waals surface area contributed by atoms with E-state index in [-0.39, 0.29) is 17.3 Å². The van der Waals surface area contributed by atoms with Crippen LogP contribution < -0.4 is 20.9 Å². The summed E-state index contributed by atoms with van der Waals surface area (Å²) in [6, 6.07) is 12.2. The molecule has 8 heteroatoms. The van der Waals surface area contributed by atoms with Gasteiger partial charge in [0.05, 0.1) is 10.6 Å². The van der Waals surface area contributed by atoms with Crippen LogP contribution in [0.15, 0.2) is 42.5 Å². The van der Waals surface area contributed by atoms with Gasteiger partial charge in [0, 0.05) is 0 Å². The van der Waals surface area contributed by atoms with Gasteiger partial charge in [-0.25, -0.2) is 0 Å².